The van der Waals surface area contributed by atoms with Crippen molar-refractivity contribution in [1.29, 1.82) is 0 Å². The normalized spacial score (nSPS) is 14.2. The Morgan fingerprint density at radius 3 is 1.12 bits per heavy atom. The second kappa shape index (κ2) is 63.2. The minimum atomic E-state index is -4.36. The van der Waals surface area contributed by atoms with Crippen LogP contribution >= 0.6 is 7.82 Å². The number of amides is 1. The summed E-state index contributed by atoms with van der Waals surface area (Å²) in [4.78, 5) is 23.4. The lowest BCUT2D eigenvalue weighted by Gasteiger charge is -2.25. The molecule has 1 amide bonds. The number of aliphatic hydroxyl groups is 1. The predicted octanol–water partition coefficient (Wildman–Crippen LogP) is 22.3. The fourth-order valence-corrected chi connectivity index (χ4v) is 10.9. The fourth-order valence-electron chi connectivity index (χ4n) is 10.2. The average molecular weight is 1170 g/mol. The summed E-state index contributed by atoms with van der Waals surface area (Å²) in [6, 6.07) is -0.866. The number of phosphoric acid groups is 1. The number of likely N-dealkylation sites (N-methyl/N-ethyl adjacent to an activating group) is 1. The lowest BCUT2D eigenvalue weighted by Crippen LogP contribution is -2.45. The van der Waals surface area contributed by atoms with Crippen molar-refractivity contribution in [2.24, 2.45) is 0 Å². The van der Waals surface area contributed by atoms with Crippen molar-refractivity contribution in [2.75, 3.05) is 40.9 Å². The number of carbonyl (C=O) groups excluding carboxylic acids is 1. The Bertz CT molecular complexity index is 1610. The molecule has 0 saturated carbocycles. The number of phosphoric ester groups is 1. The molecule has 0 aliphatic carbocycles. The molecule has 8 nitrogen and oxygen atoms in total. The lowest BCUT2D eigenvalue weighted by atomic mass is 10.0. The van der Waals surface area contributed by atoms with Crippen LogP contribution in [0.2, 0.25) is 0 Å². The molecule has 9 heteroatoms. The first kappa shape index (κ1) is 79.7. The van der Waals surface area contributed by atoms with Gasteiger partial charge in [-0.1, -0.05) is 324 Å². The second-order valence-electron chi connectivity index (χ2n) is 24.9. The number of nitrogens with zero attached hydrogens (tertiary/aromatic N) is 1. The number of allylic oxidation sites excluding steroid dienone is 13. The van der Waals surface area contributed by atoms with Crippen LogP contribution in [0.5, 0.6) is 0 Å². The van der Waals surface area contributed by atoms with E-state index in [1.54, 1.807) is 6.08 Å². The summed E-state index contributed by atoms with van der Waals surface area (Å²) >= 11 is 0. The van der Waals surface area contributed by atoms with Crippen LogP contribution in [0.1, 0.15) is 322 Å². The maximum absolute atomic E-state index is 13.0. The Kier molecular flexibility index (Phi) is 61.4. The maximum atomic E-state index is 13.0. The van der Waals surface area contributed by atoms with Crippen LogP contribution in [0.4, 0.5) is 0 Å². The predicted molar refractivity (Wildman–Crippen MR) is 360 cm³/mol. The quantitative estimate of drug-likeness (QED) is 0.0243. The fraction of sp³-hybridized carbons (Fsp3) is 0.795. The molecule has 0 aromatic heterocycles. The third kappa shape index (κ3) is 65.2. The van der Waals surface area contributed by atoms with E-state index in [9.17, 15) is 19.4 Å². The van der Waals surface area contributed by atoms with Crippen LogP contribution in [0.25, 0.3) is 0 Å². The summed E-state index contributed by atoms with van der Waals surface area (Å²) in [5, 5.41) is 14.0. The number of rotatable bonds is 64. The van der Waals surface area contributed by atoms with Crippen molar-refractivity contribution < 1.29 is 32.9 Å². The van der Waals surface area contributed by atoms with Crippen LogP contribution in [-0.4, -0.2) is 73.4 Å². The van der Waals surface area contributed by atoms with E-state index >= 15 is 0 Å². The monoisotopic (exact) mass is 1170 g/mol. The standard InChI is InChI=1S/C73H135N2O6P/c1-6-8-10-12-14-16-18-20-22-24-26-28-30-31-32-33-34-35-36-37-38-39-40-41-42-43-45-47-49-51-53-55-57-59-61-63-65-67-73(77)74-71(70-81-82(78,79)80-69-68-75(3,4)5)72(76)66-64-62-60-58-56-54-52-50-48-46-44-29-27-25-23-21-19-17-15-13-11-9-7-2/h8,10,14,16,20,22,26,28,31-32,56,58,64,66,71-72,76H,6-7,9,11-13,15,17-19,21,23-25,27,29-30,33-55,57,59-63,65,67-70H2,1-5H3,(H-,74,77,78,79)/p+1/b10-8-,16-14-,22-20-,28-26-,32-31-,58-56+,66-64+. The van der Waals surface area contributed by atoms with Gasteiger partial charge < -0.3 is 19.8 Å². The van der Waals surface area contributed by atoms with E-state index < -0.39 is 20.0 Å². The van der Waals surface area contributed by atoms with Gasteiger partial charge >= 0.3 is 7.82 Å². The number of aliphatic hydroxyl groups excluding tert-OH is 1. The summed E-state index contributed by atoms with van der Waals surface area (Å²) in [6.45, 7) is 4.72. The zero-order valence-corrected chi connectivity index (χ0v) is 55.6. The van der Waals surface area contributed by atoms with Crippen LogP contribution in [0.15, 0.2) is 85.1 Å². The van der Waals surface area contributed by atoms with Gasteiger partial charge in [0.15, 0.2) is 0 Å². The Morgan fingerprint density at radius 1 is 0.427 bits per heavy atom. The average Bonchev–Trinajstić information content (AvgIpc) is 3.47. The second-order valence-corrected chi connectivity index (χ2v) is 26.3. The minimum absolute atomic E-state index is 0.0556. The Labute approximate surface area is 509 Å². The molecule has 0 aliphatic rings. The van der Waals surface area contributed by atoms with E-state index in [0.717, 1.165) is 70.6 Å². The van der Waals surface area contributed by atoms with Crippen molar-refractivity contribution >= 4 is 13.7 Å². The maximum Gasteiger partial charge on any atom is 0.472 e. The molecule has 0 bridgehead atoms. The molecular weight excluding hydrogens is 1030 g/mol. The van der Waals surface area contributed by atoms with E-state index in [4.69, 9.17) is 9.05 Å². The molecule has 0 radical (unpaired) electrons. The van der Waals surface area contributed by atoms with Gasteiger partial charge in [0.05, 0.1) is 39.9 Å². The molecule has 0 aromatic rings. The van der Waals surface area contributed by atoms with Gasteiger partial charge in [0, 0.05) is 6.42 Å². The van der Waals surface area contributed by atoms with E-state index in [1.807, 2.05) is 27.2 Å². The molecule has 3 N–H and O–H groups in total. The molecule has 0 aromatic carbocycles. The molecule has 478 valence electrons. The first-order valence-electron chi connectivity index (χ1n) is 35.0. The van der Waals surface area contributed by atoms with Gasteiger partial charge in [-0.25, -0.2) is 4.57 Å². The highest BCUT2D eigenvalue weighted by molar-refractivity contribution is 7.47. The van der Waals surface area contributed by atoms with Crippen LogP contribution in [-0.2, 0) is 18.4 Å². The number of nitrogens with one attached hydrogen (secondary N) is 1. The van der Waals surface area contributed by atoms with Crippen molar-refractivity contribution in [1.82, 2.24) is 5.32 Å². The highest BCUT2D eigenvalue weighted by Crippen LogP contribution is 2.43. The van der Waals surface area contributed by atoms with Crippen LogP contribution in [0.3, 0.4) is 0 Å². The molecule has 0 heterocycles. The third-order valence-electron chi connectivity index (χ3n) is 15.6. The van der Waals surface area contributed by atoms with Crippen LogP contribution < -0.4 is 5.32 Å². The molecule has 3 unspecified atom stereocenters. The molecule has 82 heavy (non-hydrogen) atoms. The van der Waals surface area contributed by atoms with Gasteiger partial charge in [0.1, 0.15) is 13.2 Å². The van der Waals surface area contributed by atoms with Gasteiger partial charge in [-0.3, -0.25) is 13.8 Å². The first-order chi connectivity index (χ1) is 40.0. The van der Waals surface area contributed by atoms with Gasteiger partial charge in [-0.05, 0) is 77.0 Å². The Hall–Kier alpha value is -2.32. The summed E-state index contributed by atoms with van der Waals surface area (Å²) in [6.07, 6.45) is 90.2. The van der Waals surface area contributed by atoms with Gasteiger partial charge in [-0.2, -0.15) is 0 Å². The Morgan fingerprint density at radius 2 is 0.744 bits per heavy atom. The van der Waals surface area contributed by atoms with E-state index in [2.05, 4.69) is 92.1 Å². The van der Waals surface area contributed by atoms with Crippen molar-refractivity contribution in [3.05, 3.63) is 85.1 Å². The van der Waals surface area contributed by atoms with Crippen LogP contribution in [0, 0.1) is 0 Å². The molecule has 3 atom stereocenters. The van der Waals surface area contributed by atoms with Crippen molar-refractivity contribution in [2.45, 2.75) is 334 Å². The topological polar surface area (TPSA) is 105 Å². The zero-order chi connectivity index (χ0) is 59.8. The molecule has 0 aliphatic heterocycles. The smallest absolute Gasteiger partial charge is 0.387 e. The molecule has 0 spiro atoms. The number of hydrogen-bond acceptors (Lipinski definition) is 5. The summed E-state index contributed by atoms with van der Waals surface area (Å²) in [5.74, 6) is -0.183. The van der Waals surface area contributed by atoms with E-state index in [1.165, 1.54) is 231 Å². The van der Waals surface area contributed by atoms with Crippen molar-refractivity contribution in [3.63, 3.8) is 0 Å². The van der Waals surface area contributed by atoms with Gasteiger partial charge in [0.2, 0.25) is 5.91 Å². The highest BCUT2D eigenvalue weighted by atomic mass is 31.2. The first-order valence-corrected chi connectivity index (χ1v) is 36.5. The largest absolute Gasteiger partial charge is 0.472 e. The number of hydrogen-bond donors (Lipinski definition) is 3. The van der Waals surface area contributed by atoms with Crippen molar-refractivity contribution in [3.8, 4) is 0 Å². The Balaban J connectivity index is 4.04. The van der Waals surface area contributed by atoms with E-state index in [-0.39, 0.29) is 19.1 Å². The van der Waals surface area contributed by atoms with Gasteiger partial charge in [0.25, 0.3) is 0 Å². The third-order valence-corrected chi connectivity index (χ3v) is 16.6. The lowest BCUT2D eigenvalue weighted by molar-refractivity contribution is -0.870. The highest BCUT2D eigenvalue weighted by Gasteiger charge is 2.28. The number of carbonyl (C=O) groups is 1. The molecule has 0 saturated heterocycles. The minimum Gasteiger partial charge on any atom is -0.387 e. The number of quaternary nitrogens is 1. The summed E-state index contributed by atoms with van der Waals surface area (Å²) < 4.78 is 23.8. The summed E-state index contributed by atoms with van der Waals surface area (Å²) in [7, 11) is 1.56. The SMILES string of the molecule is CC/C=C\C/C=C\C/C=C\C/C=C\C/C=C\CCCCCCCCCCCCCCCCCCCCCCCC(=O)NC(COP(=O)(O)OCC[N+](C)(C)C)C(O)/C=C/CC/C=C/CCCCCCCCCCCCCCCCCCC. The van der Waals surface area contributed by atoms with E-state index in [0.29, 0.717) is 17.4 Å². The zero-order valence-electron chi connectivity index (χ0n) is 54.7. The molecular formula is C73H136N2O6P+. The van der Waals surface area contributed by atoms with Gasteiger partial charge in [-0.15, -0.1) is 0 Å². The summed E-state index contributed by atoms with van der Waals surface area (Å²) in [5.41, 5.74) is 0. The molecule has 0 rings (SSSR count). The number of unbranched alkanes of at least 4 members (excludes halogenated alkanes) is 39. The molecule has 0 fully saturated rings.